The van der Waals surface area contributed by atoms with Gasteiger partial charge in [-0.1, -0.05) is 78.5 Å². The second kappa shape index (κ2) is 14.3. The van der Waals surface area contributed by atoms with E-state index in [1.807, 2.05) is 13.0 Å². The molecule has 0 aromatic heterocycles. The molecular weight excluding hydrogens is 412 g/mol. The number of hydrogen-bond acceptors (Lipinski definition) is 4. The molecule has 4 nitrogen and oxygen atoms in total. The lowest BCUT2D eigenvalue weighted by Gasteiger charge is -2.50. The van der Waals surface area contributed by atoms with E-state index in [2.05, 4.69) is 51.5 Å². The smallest absolute Gasteiger partial charge is 0.330 e. The van der Waals surface area contributed by atoms with E-state index in [4.69, 9.17) is 0 Å². The van der Waals surface area contributed by atoms with Crippen LogP contribution in [0.2, 0.25) is 0 Å². The fourth-order valence-corrected chi connectivity index (χ4v) is 5.72. The van der Waals surface area contributed by atoms with Gasteiger partial charge in [-0.05, 0) is 68.6 Å². The van der Waals surface area contributed by atoms with Gasteiger partial charge in [-0.25, -0.2) is 4.79 Å². The third kappa shape index (κ3) is 11.2. The number of carbonyl (C=O) groups excluding carboxylic acids is 1. The Balaban J connectivity index is 2.26. The van der Waals surface area contributed by atoms with Crippen molar-refractivity contribution in [3.8, 4) is 0 Å². The summed E-state index contributed by atoms with van der Waals surface area (Å²) in [5.74, 6) is 1.25. The van der Waals surface area contributed by atoms with Gasteiger partial charge in [-0.15, -0.1) is 0 Å². The molecular formula is C29H52O4. The summed E-state index contributed by atoms with van der Waals surface area (Å²) < 4.78 is 4.62. The minimum absolute atomic E-state index is 0.0111. The standard InChI is InChI=1S/C29H52O4/c1-22(12-8-9-13-23(2)17-19-26(31)33-7)14-10-15-24(3)16-18-25(30)27-28(4,5)20-11-21-29(27,6)32/h8-9,17,19,22-25,27,30,32H,10-16,18,20-21H2,1-7H3/b9-8+,19-17+/t22?,23?,24?,25?,27?,29-/m1/s1. The maximum absolute atomic E-state index is 11.1. The maximum Gasteiger partial charge on any atom is 0.330 e. The SMILES string of the molecule is COC(=O)/C=C/C(C)C/C=C/CC(C)CCCC(C)CCC(O)C1C(C)(C)CCC[C@@]1(C)O. The molecule has 4 heteroatoms. The normalized spacial score (nSPS) is 26.9. The average molecular weight is 465 g/mol. The number of esters is 1. The Morgan fingerprint density at radius 3 is 2.27 bits per heavy atom. The van der Waals surface area contributed by atoms with E-state index in [1.165, 1.54) is 32.4 Å². The fourth-order valence-electron chi connectivity index (χ4n) is 5.72. The molecule has 1 aliphatic carbocycles. The highest BCUT2D eigenvalue weighted by atomic mass is 16.5. The Labute approximate surface area is 203 Å². The van der Waals surface area contributed by atoms with Crippen molar-refractivity contribution in [2.75, 3.05) is 7.11 Å². The third-order valence-electron chi connectivity index (χ3n) is 7.72. The van der Waals surface area contributed by atoms with Crippen LogP contribution in [0.3, 0.4) is 0 Å². The predicted octanol–water partition coefficient (Wildman–Crippen LogP) is 6.85. The topological polar surface area (TPSA) is 66.8 Å². The quantitative estimate of drug-likeness (QED) is 0.168. The molecule has 0 aliphatic heterocycles. The van der Waals surface area contributed by atoms with Crippen molar-refractivity contribution in [1.82, 2.24) is 0 Å². The summed E-state index contributed by atoms with van der Waals surface area (Å²) in [5, 5.41) is 21.8. The van der Waals surface area contributed by atoms with Crippen LogP contribution in [0.1, 0.15) is 106 Å². The highest BCUT2D eigenvalue weighted by molar-refractivity contribution is 5.81. The number of allylic oxidation sites excluding steroid dienone is 3. The van der Waals surface area contributed by atoms with Crippen LogP contribution < -0.4 is 0 Å². The second-order valence-corrected chi connectivity index (χ2v) is 11.8. The summed E-state index contributed by atoms with van der Waals surface area (Å²) in [6.07, 6.45) is 17.8. The second-order valence-electron chi connectivity index (χ2n) is 11.8. The highest BCUT2D eigenvalue weighted by Crippen LogP contribution is 2.48. The van der Waals surface area contributed by atoms with E-state index < -0.39 is 11.7 Å². The zero-order chi connectivity index (χ0) is 25.1. The number of hydrogen-bond donors (Lipinski definition) is 2. The number of rotatable bonds is 14. The van der Waals surface area contributed by atoms with Crippen molar-refractivity contribution in [1.29, 1.82) is 0 Å². The molecule has 0 saturated heterocycles. The maximum atomic E-state index is 11.1. The Hall–Kier alpha value is -1.13. The van der Waals surface area contributed by atoms with E-state index in [0.29, 0.717) is 17.8 Å². The van der Waals surface area contributed by atoms with Gasteiger partial charge in [-0.2, -0.15) is 0 Å². The van der Waals surface area contributed by atoms with Gasteiger partial charge >= 0.3 is 5.97 Å². The summed E-state index contributed by atoms with van der Waals surface area (Å²) >= 11 is 0. The molecule has 1 aliphatic rings. The summed E-state index contributed by atoms with van der Waals surface area (Å²) in [6, 6.07) is 0. The van der Waals surface area contributed by atoms with Crippen LogP contribution >= 0.6 is 0 Å². The van der Waals surface area contributed by atoms with Gasteiger partial charge in [0.1, 0.15) is 0 Å². The van der Waals surface area contributed by atoms with E-state index in [-0.39, 0.29) is 17.3 Å². The molecule has 0 radical (unpaired) electrons. The Morgan fingerprint density at radius 2 is 1.64 bits per heavy atom. The lowest BCUT2D eigenvalue weighted by atomic mass is 9.59. The third-order valence-corrected chi connectivity index (χ3v) is 7.72. The molecule has 1 saturated carbocycles. The predicted molar refractivity (Wildman–Crippen MR) is 138 cm³/mol. The lowest BCUT2D eigenvalue weighted by molar-refractivity contribution is -0.140. The van der Waals surface area contributed by atoms with Gasteiger partial charge in [0.15, 0.2) is 0 Å². The fraction of sp³-hybridized carbons (Fsp3) is 0.828. The first-order valence-corrected chi connectivity index (χ1v) is 13.2. The van der Waals surface area contributed by atoms with Crippen molar-refractivity contribution in [3.63, 3.8) is 0 Å². The van der Waals surface area contributed by atoms with Gasteiger partial charge in [0.25, 0.3) is 0 Å². The molecule has 0 spiro atoms. The molecule has 192 valence electrons. The Morgan fingerprint density at radius 1 is 1.00 bits per heavy atom. The number of aliphatic hydroxyl groups is 2. The number of aliphatic hydroxyl groups excluding tert-OH is 1. The number of carbonyl (C=O) groups is 1. The molecule has 0 bridgehead atoms. The number of ether oxygens (including phenoxy) is 1. The average Bonchev–Trinajstić information content (AvgIpc) is 2.72. The van der Waals surface area contributed by atoms with E-state index in [9.17, 15) is 15.0 Å². The Bertz CT molecular complexity index is 603. The molecule has 0 heterocycles. The Kier molecular flexibility index (Phi) is 13.0. The first-order valence-electron chi connectivity index (χ1n) is 13.2. The molecule has 33 heavy (non-hydrogen) atoms. The van der Waals surface area contributed by atoms with Crippen LogP contribution in [-0.4, -0.2) is 35.0 Å². The molecule has 6 atom stereocenters. The summed E-state index contributed by atoms with van der Waals surface area (Å²) in [5.41, 5.74) is -0.772. The minimum atomic E-state index is -0.761. The van der Waals surface area contributed by atoms with Crippen molar-refractivity contribution in [3.05, 3.63) is 24.3 Å². The number of methoxy groups -OCH3 is 1. The van der Waals surface area contributed by atoms with Gasteiger partial charge in [0.2, 0.25) is 0 Å². The lowest BCUT2D eigenvalue weighted by Crippen LogP contribution is -2.52. The monoisotopic (exact) mass is 464 g/mol. The van der Waals surface area contributed by atoms with Crippen LogP contribution in [-0.2, 0) is 9.53 Å². The first-order chi connectivity index (χ1) is 15.4. The van der Waals surface area contributed by atoms with Crippen molar-refractivity contribution in [2.45, 2.75) is 117 Å². The summed E-state index contributed by atoms with van der Waals surface area (Å²) in [6.45, 7) is 13.0. The molecule has 0 aromatic carbocycles. The van der Waals surface area contributed by atoms with Gasteiger partial charge in [-0.3, -0.25) is 0 Å². The molecule has 1 fully saturated rings. The summed E-state index contributed by atoms with van der Waals surface area (Å²) in [7, 11) is 1.40. The summed E-state index contributed by atoms with van der Waals surface area (Å²) in [4.78, 5) is 11.1. The molecule has 2 N–H and O–H groups in total. The zero-order valence-electron chi connectivity index (χ0n) is 22.5. The van der Waals surface area contributed by atoms with Gasteiger partial charge in [0.05, 0.1) is 18.8 Å². The van der Waals surface area contributed by atoms with Gasteiger partial charge in [0, 0.05) is 12.0 Å². The minimum Gasteiger partial charge on any atom is -0.466 e. The zero-order valence-corrected chi connectivity index (χ0v) is 22.5. The highest BCUT2D eigenvalue weighted by Gasteiger charge is 2.48. The van der Waals surface area contributed by atoms with Gasteiger partial charge < -0.3 is 14.9 Å². The van der Waals surface area contributed by atoms with Crippen LogP contribution in [0, 0.1) is 29.1 Å². The van der Waals surface area contributed by atoms with E-state index in [0.717, 1.165) is 44.9 Å². The van der Waals surface area contributed by atoms with Crippen LogP contribution in [0.25, 0.3) is 0 Å². The van der Waals surface area contributed by atoms with E-state index >= 15 is 0 Å². The molecule has 0 amide bonds. The van der Waals surface area contributed by atoms with Crippen molar-refractivity contribution >= 4 is 5.97 Å². The van der Waals surface area contributed by atoms with Crippen LogP contribution in [0.5, 0.6) is 0 Å². The van der Waals surface area contributed by atoms with Crippen molar-refractivity contribution < 1.29 is 19.7 Å². The largest absolute Gasteiger partial charge is 0.466 e. The van der Waals surface area contributed by atoms with E-state index in [1.54, 1.807) is 0 Å². The van der Waals surface area contributed by atoms with Crippen LogP contribution in [0.4, 0.5) is 0 Å². The first kappa shape index (κ1) is 29.9. The van der Waals surface area contributed by atoms with Crippen LogP contribution in [0.15, 0.2) is 24.3 Å². The van der Waals surface area contributed by atoms with Crippen molar-refractivity contribution in [2.24, 2.45) is 29.1 Å². The molecule has 1 rings (SSSR count). The molecule has 0 aromatic rings. The molecule has 5 unspecified atom stereocenters.